The smallest absolute Gasteiger partial charge is 0.146 e. The molecule has 0 aliphatic heterocycles. The molecule has 1 unspecified atom stereocenters. The predicted molar refractivity (Wildman–Crippen MR) is 67.1 cm³/mol. The highest BCUT2D eigenvalue weighted by atomic mass is 79.9. The lowest BCUT2D eigenvalue weighted by molar-refractivity contribution is 0.545. The summed E-state index contributed by atoms with van der Waals surface area (Å²) in [6.45, 7) is 8.64. The van der Waals surface area contributed by atoms with Gasteiger partial charge in [-0.1, -0.05) is 20.3 Å². The largest absolute Gasteiger partial charge is 0.356 e. The van der Waals surface area contributed by atoms with Gasteiger partial charge in [-0.25, -0.2) is 9.97 Å². The molecule has 0 bridgehead atoms. The summed E-state index contributed by atoms with van der Waals surface area (Å²) in [5, 5.41) is 0. The molecule has 15 heavy (non-hydrogen) atoms. The quantitative estimate of drug-likeness (QED) is 0.824. The summed E-state index contributed by atoms with van der Waals surface area (Å²) in [6.07, 6.45) is 4.58. The summed E-state index contributed by atoms with van der Waals surface area (Å²) in [6, 6.07) is 0. The van der Waals surface area contributed by atoms with Crippen LogP contribution in [0.3, 0.4) is 0 Å². The zero-order valence-corrected chi connectivity index (χ0v) is 11.2. The number of nitrogens with zero attached hydrogens (tertiary/aromatic N) is 3. The highest BCUT2D eigenvalue weighted by Gasteiger charge is 2.12. The lowest BCUT2D eigenvalue weighted by Gasteiger charge is -2.25. The van der Waals surface area contributed by atoms with Crippen molar-refractivity contribution in [2.75, 3.05) is 18.0 Å². The van der Waals surface area contributed by atoms with Crippen LogP contribution in [0.1, 0.15) is 27.2 Å². The van der Waals surface area contributed by atoms with Crippen LogP contribution in [-0.2, 0) is 0 Å². The van der Waals surface area contributed by atoms with Crippen molar-refractivity contribution in [1.29, 1.82) is 0 Å². The highest BCUT2D eigenvalue weighted by molar-refractivity contribution is 9.10. The van der Waals surface area contributed by atoms with Gasteiger partial charge in [0.05, 0.1) is 4.47 Å². The molecular weight excluding hydrogens is 254 g/mol. The second-order valence-corrected chi connectivity index (χ2v) is 4.60. The average molecular weight is 272 g/mol. The Hall–Kier alpha value is -0.640. The second kappa shape index (κ2) is 6.05. The molecule has 1 heterocycles. The van der Waals surface area contributed by atoms with Gasteiger partial charge in [-0.05, 0) is 28.8 Å². The van der Waals surface area contributed by atoms with Gasteiger partial charge in [0, 0.05) is 19.3 Å². The van der Waals surface area contributed by atoms with Crippen molar-refractivity contribution in [1.82, 2.24) is 9.97 Å². The third-order valence-electron chi connectivity index (χ3n) is 2.56. The van der Waals surface area contributed by atoms with E-state index in [4.69, 9.17) is 0 Å². The van der Waals surface area contributed by atoms with E-state index in [0.29, 0.717) is 5.92 Å². The van der Waals surface area contributed by atoms with Crippen molar-refractivity contribution in [3.63, 3.8) is 0 Å². The van der Waals surface area contributed by atoms with E-state index in [1.807, 2.05) is 0 Å². The Morgan fingerprint density at radius 3 is 2.73 bits per heavy atom. The lowest BCUT2D eigenvalue weighted by atomic mass is 10.1. The van der Waals surface area contributed by atoms with Crippen molar-refractivity contribution in [2.24, 2.45) is 5.92 Å². The standard InChI is InChI=1S/C11H18BrN3/c1-4-9(3)7-15(5-2)11-10(12)6-13-8-14-11/h6,8-9H,4-5,7H2,1-3H3. The Bertz CT molecular complexity index is 304. The number of anilines is 1. The van der Waals surface area contributed by atoms with Gasteiger partial charge in [0.1, 0.15) is 12.1 Å². The van der Waals surface area contributed by atoms with Gasteiger partial charge in [0.25, 0.3) is 0 Å². The van der Waals surface area contributed by atoms with Gasteiger partial charge in [0.2, 0.25) is 0 Å². The normalized spacial score (nSPS) is 12.5. The first kappa shape index (κ1) is 12.4. The van der Waals surface area contributed by atoms with E-state index in [1.54, 1.807) is 12.5 Å². The van der Waals surface area contributed by atoms with Crippen LogP contribution < -0.4 is 4.90 Å². The van der Waals surface area contributed by atoms with Crippen molar-refractivity contribution < 1.29 is 0 Å². The van der Waals surface area contributed by atoms with E-state index < -0.39 is 0 Å². The molecule has 0 saturated carbocycles. The molecule has 0 aliphatic rings. The van der Waals surface area contributed by atoms with Crippen LogP contribution in [0.5, 0.6) is 0 Å². The number of hydrogen-bond donors (Lipinski definition) is 0. The first-order chi connectivity index (χ1) is 7.19. The molecule has 1 aromatic heterocycles. The fraction of sp³-hybridized carbons (Fsp3) is 0.636. The Morgan fingerprint density at radius 2 is 2.20 bits per heavy atom. The fourth-order valence-electron chi connectivity index (χ4n) is 1.41. The van der Waals surface area contributed by atoms with Crippen LogP contribution in [0.25, 0.3) is 0 Å². The molecule has 0 spiro atoms. The minimum Gasteiger partial charge on any atom is -0.356 e. The van der Waals surface area contributed by atoms with Crippen LogP contribution >= 0.6 is 15.9 Å². The molecule has 0 aliphatic carbocycles. The monoisotopic (exact) mass is 271 g/mol. The third kappa shape index (κ3) is 3.45. The fourth-order valence-corrected chi connectivity index (χ4v) is 1.88. The van der Waals surface area contributed by atoms with E-state index >= 15 is 0 Å². The average Bonchev–Trinajstić information content (AvgIpc) is 2.26. The first-order valence-electron chi connectivity index (χ1n) is 5.39. The Labute approximate surface area is 100 Å². The highest BCUT2D eigenvalue weighted by Crippen LogP contribution is 2.22. The van der Waals surface area contributed by atoms with Gasteiger partial charge in [-0.15, -0.1) is 0 Å². The maximum Gasteiger partial charge on any atom is 0.146 e. The van der Waals surface area contributed by atoms with Crippen LogP contribution in [0.4, 0.5) is 5.82 Å². The van der Waals surface area contributed by atoms with Gasteiger partial charge in [-0.2, -0.15) is 0 Å². The van der Waals surface area contributed by atoms with Crippen LogP contribution in [0, 0.1) is 5.92 Å². The molecule has 1 atom stereocenters. The first-order valence-corrected chi connectivity index (χ1v) is 6.18. The number of hydrogen-bond acceptors (Lipinski definition) is 3. The molecule has 1 aromatic rings. The molecule has 0 saturated heterocycles. The number of aromatic nitrogens is 2. The third-order valence-corrected chi connectivity index (χ3v) is 3.12. The van der Waals surface area contributed by atoms with E-state index in [1.165, 1.54) is 6.42 Å². The Morgan fingerprint density at radius 1 is 1.47 bits per heavy atom. The van der Waals surface area contributed by atoms with E-state index in [2.05, 4.69) is 51.6 Å². The van der Waals surface area contributed by atoms with Crippen molar-refractivity contribution in [2.45, 2.75) is 27.2 Å². The van der Waals surface area contributed by atoms with Gasteiger partial charge in [0.15, 0.2) is 0 Å². The molecule has 4 heteroatoms. The lowest BCUT2D eigenvalue weighted by Crippen LogP contribution is -2.29. The van der Waals surface area contributed by atoms with Crippen LogP contribution in [0.15, 0.2) is 17.0 Å². The number of rotatable bonds is 5. The molecule has 1 rings (SSSR count). The maximum absolute atomic E-state index is 4.30. The minimum atomic E-state index is 0.687. The summed E-state index contributed by atoms with van der Waals surface area (Å²) < 4.78 is 0.968. The Balaban J connectivity index is 2.78. The molecule has 0 amide bonds. The zero-order chi connectivity index (χ0) is 11.3. The molecule has 0 radical (unpaired) electrons. The molecule has 0 fully saturated rings. The van der Waals surface area contributed by atoms with Gasteiger partial charge >= 0.3 is 0 Å². The predicted octanol–water partition coefficient (Wildman–Crippen LogP) is 3.11. The Kier molecular flexibility index (Phi) is 5.02. The maximum atomic E-state index is 4.30. The van der Waals surface area contributed by atoms with Crippen molar-refractivity contribution in [3.8, 4) is 0 Å². The summed E-state index contributed by atoms with van der Waals surface area (Å²) in [7, 11) is 0. The van der Waals surface area contributed by atoms with Crippen LogP contribution in [-0.4, -0.2) is 23.1 Å². The summed E-state index contributed by atoms with van der Waals surface area (Å²) in [4.78, 5) is 10.6. The van der Waals surface area contributed by atoms with Gasteiger partial charge in [-0.3, -0.25) is 0 Å². The molecule has 0 aromatic carbocycles. The molecule has 84 valence electrons. The van der Waals surface area contributed by atoms with Crippen molar-refractivity contribution in [3.05, 3.63) is 17.0 Å². The summed E-state index contributed by atoms with van der Waals surface area (Å²) >= 11 is 3.48. The molecule has 3 nitrogen and oxygen atoms in total. The minimum absolute atomic E-state index is 0.687. The molecular formula is C11H18BrN3. The van der Waals surface area contributed by atoms with E-state index in [-0.39, 0.29) is 0 Å². The van der Waals surface area contributed by atoms with E-state index in [0.717, 1.165) is 23.4 Å². The topological polar surface area (TPSA) is 29.0 Å². The second-order valence-electron chi connectivity index (χ2n) is 3.75. The summed E-state index contributed by atoms with van der Waals surface area (Å²) in [5.74, 6) is 1.68. The van der Waals surface area contributed by atoms with Crippen molar-refractivity contribution >= 4 is 21.7 Å². The zero-order valence-electron chi connectivity index (χ0n) is 9.57. The molecule has 0 N–H and O–H groups in total. The van der Waals surface area contributed by atoms with Crippen LogP contribution in [0.2, 0.25) is 0 Å². The summed E-state index contributed by atoms with van der Waals surface area (Å²) in [5.41, 5.74) is 0. The van der Waals surface area contributed by atoms with Gasteiger partial charge < -0.3 is 4.90 Å². The number of halogens is 1. The SMILES string of the molecule is CCC(C)CN(CC)c1ncncc1Br. The van der Waals surface area contributed by atoms with E-state index in [9.17, 15) is 0 Å².